The van der Waals surface area contributed by atoms with Gasteiger partial charge in [0, 0.05) is 48.9 Å². The van der Waals surface area contributed by atoms with Gasteiger partial charge in [0.2, 0.25) is 0 Å². The first-order chi connectivity index (χ1) is 24.4. The van der Waals surface area contributed by atoms with Crippen LogP contribution in [0.4, 0.5) is 0 Å². The van der Waals surface area contributed by atoms with Crippen LogP contribution in [0.15, 0.2) is 120 Å². The van der Waals surface area contributed by atoms with E-state index in [4.69, 9.17) is 15.4 Å². The SMILES string of the molecule is [2H]C([2H])([2H])c1c[c-]c(-c2ccc([Si](C)(C)C)cn2)cc1.[2H]C([2H])([2H])c1cnc(-c2[c-]cc3oc4ccccc4c3c2)cc1C([2H])([2H])c1ccccc1.[Ir]. The first kappa shape index (κ1) is 23.2. The van der Waals surface area contributed by atoms with E-state index in [9.17, 15) is 0 Å². The van der Waals surface area contributed by atoms with Gasteiger partial charge in [-0.2, -0.15) is 0 Å². The summed E-state index contributed by atoms with van der Waals surface area (Å²) in [5.74, 6) is 0. The first-order valence-corrected chi connectivity index (χ1v) is 17.8. The van der Waals surface area contributed by atoms with E-state index in [1.807, 2.05) is 42.6 Å². The average Bonchev–Trinajstić information content (AvgIpc) is 3.49. The molecule has 4 aromatic carbocycles. The van der Waals surface area contributed by atoms with Gasteiger partial charge < -0.3 is 14.4 Å². The Bertz CT molecular complexity index is 2280. The van der Waals surface area contributed by atoms with Gasteiger partial charge in [-0.15, -0.1) is 59.2 Å². The number of nitrogens with zero attached hydrogens (tertiary/aromatic N) is 2. The third kappa shape index (κ3) is 7.57. The molecule has 227 valence electrons. The second kappa shape index (κ2) is 13.9. The maximum absolute atomic E-state index is 8.77. The van der Waals surface area contributed by atoms with Crippen molar-refractivity contribution in [2.75, 3.05) is 0 Å². The summed E-state index contributed by atoms with van der Waals surface area (Å²) in [6.45, 7) is 2.25. The smallest absolute Gasteiger partial charge is 0.120 e. The predicted octanol–water partition coefficient (Wildman–Crippen LogP) is 9.75. The molecule has 0 fully saturated rings. The molecule has 7 aromatic rings. The maximum atomic E-state index is 8.77. The van der Waals surface area contributed by atoms with E-state index in [-0.39, 0.29) is 31.2 Å². The van der Waals surface area contributed by atoms with Gasteiger partial charge in [0.05, 0.1) is 13.7 Å². The van der Waals surface area contributed by atoms with Crippen LogP contribution in [0.25, 0.3) is 44.5 Å². The zero-order chi connectivity index (χ0) is 37.5. The maximum Gasteiger partial charge on any atom is 0.120 e. The fourth-order valence-corrected chi connectivity index (χ4v) is 5.82. The Labute approximate surface area is 292 Å². The standard InChI is InChI=1S/C25H18NO.C15H18NSi.Ir/c1-17-16-26-23(15-20(17)13-18-7-3-2-4-8-18)19-11-12-25-22(14-19)21-9-5-6-10-24(21)27-25;1-12-5-7-13(8-6-12)15-10-9-14(11-16-15)17(2,3)4;/h2-10,12,14-16H,13H2,1H3;5-7,9-11H,1-4H3;/q2*-1;/i1D3,13D2;1D3;. The summed E-state index contributed by atoms with van der Waals surface area (Å²) < 4.78 is 69.2. The Morgan fingerprint density at radius 3 is 2.22 bits per heavy atom. The topological polar surface area (TPSA) is 38.9 Å². The van der Waals surface area contributed by atoms with Crippen LogP contribution < -0.4 is 5.19 Å². The number of para-hydroxylation sites is 1. The number of benzene rings is 4. The largest absolute Gasteiger partial charge is 0.500 e. The number of hydrogen-bond donors (Lipinski definition) is 0. The summed E-state index contributed by atoms with van der Waals surface area (Å²) in [4.78, 5) is 8.84. The van der Waals surface area contributed by atoms with Crippen molar-refractivity contribution in [3.63, 3.8) is 0 Å². The van der Waals surface area contributed by atoms with Crippen molar-refractivity contribution < 1.29 is 35.5 Å². The van der Waals surface area contributed by atoms with Crippen molar-refractivity contribution in [3.05, 3.63) is 150 Å². The zero-order valence-electron chi connectivity index (χ0n) is 33.1. The van der Waals surface area contributed by atoms with Crippen LogP contribution in [-0.4, -0.2) is 18.0 Å². The summed E-state index contributed by atoms with van der Waals surface area (Å²) >= 11 is 0. The average molecular weight is 789 g/mol. The molecular formula is C40H36IrN2OSi-2. The number of hydrogen-bond acceptors (Lipinski definition) is 3. The molecule has 0 N–H and O–H groups in total. The van der Waals surface area contributed by atoms with Crippen LogP contribution in [0.1, 0.15) is 33.2 Å². The van der Waals surface area contributed by atoms with Gasteiger partial charge in [0.1, 0.15) is 5.58 Å². The molecule has 7 rings (SSSR count). The molecule has 1 radical (unpaired) electrons. The molecule has 45 heavy (non-hydrogen) atoms. The molecule has 0 unspecified atom stereocenters. The zero-order valence-corrected chi connectivity index (χ0v) is 28.5. The second-order valence-corrected chi connectivity index (χ2v) is 16.6. The molecule has 5 heteroatoms. The summed E-state index contributed by atoms with van der Waals surface area (Å²) in [6, 6.07) is 36.6. The van der Waals surface area contributed by atoms with Crippen LogP contribution >= 0.6 is 0 Å². The van der Waals surface area contributed by atoms with Crippen LogP contribution in [0.2, 0.25) is 19.6 Å². The molecule has 3 aromatic heterocycles. The molecule has 0 saturated carbocycles. The minimum Gasteiger partial charge on any atom is -0.500 e. The van der Waals surface area contributed by atoms with Gasteiger partial charge in [-0.3, -0.25) is 0 Å². The Morgan fingerprint density at radius 2 is 1.51 bits per heavy atom. The van der Waals surface area contributed by atoms with Gasteiger partial charge in [0.25, 0.3) is 0 Å². The number of aromatic nitrogens is 2. The fraction of sp³-hybridized carbons (Fsp3) is 0.150. The van der Waals surface area contributed by atoms with Gasteiger partial charge in [-0.1, -0.05) is 98.6 Å². The fourth-order valence-electron chi connectivity index (χ4n) is 4.78. The van der Waals surface area contributed by atoms with E-state index in [2.05, 4.69) is 47.8 Å². The van der Waals surface area contributed by atoms with E-state index in [0.717, 1.165) is 27.6 Å². The van der Waals surface area contributed by atoms with Gasteiger partial charge in [0.15, 0.2) is 0 Å². The first-order valence-electron chi connectivity index (χ1n) is 18.3. The molecule has 0 aliphatic rings. The number of aryl methyl sites for hydroxylation is 2. The molecule has 3 nitrogen and oxygen atoms in total. The van der Waals surface area contributed by atoms with E-state index < -0.39 is 28.2 Å². The molecule has 0 bridgehead atoms. The predicted molar refractivity (Wildman–Crippen MR) is 186 cm³/mol. The monoisotopic (exact) mass is 789 g/mol. The number of fused-ring (bicyclic) bond motifs is 3. The van der Waals surface area contributed by atoms with Crippen molar-refractivity contribution in [1.82, 2.24) is 9.97 Å². The molecule has 0 aliphatic heterocycles. The van der Waals surface area contributed by atoms with Crippen LogP contribution in [0, 0.1) is 25.8 Å². The van der Waals surface area contributed by atoms with Crippen LogP contribution in [0.5, 0.6) is 0 Å². The quantitative estimate of drug-likeness (QED) is 0.129. The normalized spacial score (nSPS) is 14.6. The second-order valence-electron chi connectivity index (χ2n) is 11.5. The Balaban J connectivity index is 0.000000223. The van der Waals surface area contributed by atoms with Gasteiger partial charge in [-0.05, 0) is 52.6 Å². The van der Waals surface area contributed by atoms with Crippen molar-refractivity contribution in [1.29, 1.82) is 0 Å². The summed E-state index contributed by atoms with van der Waals surface area (Å²) in [5, 5.41) is 3.15. The van der Waals surface area contributed by atoms with E-state index >= 15 is 0 Å². The molecule has 3 heterocycles. The van der Waals surface area contributed by atoms with Crippen molar-refractivity contribution in [3.8, 4) is 22.5 Å². The van der Waals surface area contributed by atoms with Crippen molar-refractivity contribution in [2.24, 2.45) is 0 Å². The summed E-state index contributed by atoms with van der Waals surface area (Å²) in [7, 11) is -1.34. The molecule has 0 aliphatic carbocycles. The molecule has 0 atom stereocenters. The van der Waals surface area contributed by atoms with Crippen molar-refractivity contribution >= 4 is 35.2 Å². The van der Waals surface area contributed by atoms with Crippen LogP contribution in [0.3, 0.4) is 0 Å². The Morgan fingerprint density at radius 1 is 0.733 bits per heavy atom. The molecule has 0 spiro atoms. The van der Waals surface area contributed by atoms with Gasteiger partial charge in [-0.25, -0.2) is 0 Å². The number of furan rings is 1. The molecule has 0 amide bonds. The van der Waals surface area contributed by atoms with E-state index in [0.29, 0.717) is 28.0 Å². The summed E-state index contributed by atoms with van der Waals surface area (Å²) in [5.41, 5.74) is 4.82. The minimum absolute atomic E-state index is 0. The molecule has 0 saturated heterocycles. The van der Waals surface area contributed by atoms with Crippen LogP contribution in [-0.2, 0) is 26.5 Å². The Hall–Kier alpha value is -4.15. The third-order valence-corrected chi connectivity index (χ3v) is 9.29. The minimum atomic E-state index is -2.50. The Kier molecular flexibility index (Phi) is 7.16. The summed E-state index contributed by atoms with van der Waals surface area (Å²) in [6.07, 6.45) is 1.16. The van der Waals surface area contributed by atoms with E-state index in [1.54, 1.807) is 48.5 Å². The van der Waals surface area contributed by atoms with Crippen molar-refractivity contribution in [2.45, 2.75) is 39.7 Å². The number of rotatable bonds is 5. The number of pyridine rings is 2. The molecular weight excluding hydrogens is 745 g/mol. The third-order valence-electron chi connectivity index (χ3n) is 7.26. The van der Waals surface area contributed by atoms with E-state index in [1.165, 1.54) is 23.5 Å². The van der Waals surface area contributed by atoms with Gasteiger partial charge >= 0.3 is 0 Å².